The molecule has 2 heteroatoms. The highest BCUT2D eigenvalue weighted by Gasteiger charge is 2.33. The van der Waals surface area contributed by atoms with Crippen molar-refractivity contribution >= 4 is 11.3 Å². The van der Waals surface area contributed by atoms with Gasteiger partial charge in [0.15, 0.2) is 0 Å². The van der Waals surface area contributed by atoms with Crippen LogP contribution in [0.15, 0.2) is 12.1 Å². The highest BCUT2D eigenvalue weighted by atomic mass is 32.1. The summed E-state index contributed by atoms with van der Waals surface area (Å²) in [5, 5.41) is 0. The SMILES string of the molecule is Cc1ccc(C2(CN)CCCCC2)s1. The van der Waals surface area contributed by atoms with Gasteiger partial charge in [0.1, 0.15) is 0 Å². The lowest BCUT2D eigenvalue weighted by Gasteiger charge is -2.35. The lowest BCUT2D eigenvalue weighted by atomic mass is 9.73. The quantitative estimate of drug-likeness (QED) is 0.795. The van der Waals surface area contributed by atoms with Gasteiger partial charge in [-0.15, -0.1) is 11.3 Å². The smallest absolute Gasteiger partial charge is 0.0169 e. The maximum Gasteiger partial charge on any atom is 0.0169 e. The van der Waals surface area contributed by atoms with Crippen LogP contribution in [0.25, 0.3) is 0 Å². The van der Waals surface area contributed by atoms with Crippen molar-refractivity contribution in [1.82, 2.24) is 0 Å². The van der Waals surface area contributed by atoms with Crippen molar-refractivity contribution in [1.29, 1.82) is 0 Å². The van der Waals surface area contributed by atoms with E-state index in [4.69, 9.17) is 5.73 Å². The maximum absolute atomic E-state index is 5.99. The zero-order valence-electron chi connectivity index (χ0n) is 8.88. The fourth-order valence-electron chi connectivity index (χ4n) is 2.50. The molecule has 0 radical (unpaired) electrons. The number of thiophene rings is 1. The monoisotopic (exact) mass is 209 g/mol. The van der Waals surface area contributed by atoms with Crippen LogP contribution in [0.3, 0.4) is 0 Å². The van der Waals surface area contributed by atoms with Crippen molar-refractivity contribution in [2.45, 2.75) is 44.4 Å². The van der Waals surface area contributed by atoms with E-state index in [-0.39, 0.29) is 0 Å². The van der Waals surface area contributed by atoms with E-state index in [0.29, 0.717) is 5.41 Å². The average Bonchev–Trinajstić information content (AvgIpc) is 2.66. The summed E-state index contributed by atoms with van der Waals surface area (Å²) in [5.74, 6) is 0. The average molecular weight is 209 g/mol. The Morgan fingerprint density at radius 2 is 2.00 bits per heavy atom. The molecule has 1 aromatic heterocycles. The number of hydrogen-bond donors (Lipinski definition) is 1. The molecule has 0 unspecified atom stereocenters. The van der Waals surface area contributed by atoms with Crippen molar-refractivity contribution in [2.75, 3.05) is 6.54 Å². The van der Waals surface area contributed by atoms with E-state index in [9.17, 15) is 0 Å². The van der Waals surface area contributed by atoms with Gasteiger partial charge in [0.2, 0.25) is 0 Å². The van der Waals surface area contributed by atoms with E-state index >= 15 is 0 Å². The van der Waals surface area contributed by atoms with Gasteiger partial charge in [-0.1, -0.05) is 19.3 Å². The molecule has 1 aliphatic carbocycles. The largest absolute Gasteiger partial charge is 0.330 e. The van der Waals surface area contributed by atoms with Crippen molar-refractivity contribution in [3.05, 3.63) is 21.9 Å². The van der Waals surface area contributed by atoms with Crippen molar-refractivity contribution in [2.24, 2.45) is 5.73 Å². The third-order valence-corrected chi connectivity index (χ3v) is 4.71. The van der Waals surface area contributed by atoms with E-state index in [2.05, 4.69) is 19.1 Å². The second-order valence-electron chi connectivity index (χ2n) is 4.46. The first-order valence-electron chi connectivity index (χ1n) is 5.54. The molecular formula is C12H19NS. The summed E-state index contributed by atoms with van der Waals surface area (Å²) < 4.78 is 0. The normalized spacial score (nSPS) is 21.0. The molecule has 1 aromatic rings. The first kappa shape index (κ1) is 10.2. The van der Waals surface area contributed by atoms with Gasteiger partial charge in [0, 0.05) is 21.7 Å². The minimum Gasteiger partial charge on any atom is -0.330 e. The predicted molar refractivity (Wildman–Crippen MR) is 62.9 cm³/mol. The van der Waals surface area contributed by atoms with Crippen molar-refractivity contribution in [3.8, 4) is 0 Å². The van der Waals surface area contributed by atoms with Crippen LogP contribution >= 0.6 is 11.3 Å². The maximum atomic E-state index is 5.99. The van der Waals surface area contributed by atoms with E-state index in [0.717, 1.165) is 6.54 Å². The molecule has 1 nitrogen and oxygen atoms in total. The Morgan fingerprint density at radius 1 is 1.29 bits per heavy atom. The molecule has 14 heavy (non-hydrogen) atoms. The molecular weight excluding hydrogens is 190 g/mol. The highest BCUT2D eigenvalue weighted by Crippen LogP contribution is 2.41. The Kier molecular flexibility index (Phi) is 2.93. The Balaban J connectivity index is 2.26. The molecule has 2 rings (SSSR count). The second-order valence-corrected chi connectivity index (χ2v) is 5.74. The summed E-state index contributed by atoms with van der Waals surface area (Å²) in [5.41, 5.74) is 6.32. The molecule has 1 heterocycles. The fourth-order valence-corrected chi connectivity index (χ4v) is 3.62. The van der Waals surface area contributed by atoms with Crippen LogP contribution in [0, 0.1) is 6.92 Å². The molecule has 1 saturated carbocycles. The summed E-state index contributed by atoms with van der Waals surface area (Å²) in [6, 6.07) is 4.52. The summed E-state index contributed by atoms with van der Waals surface area (Å²) in [4.78, 5) is 2.94. The van der Waals surface area contributed by atoms with Crippen LogP contribution in [-0.4, -0.2) is 6.54 Å². The van der Waals surface area contributed by atoms with E-state index in [1.165, 1.54) is 41.9 Å². The first-order valence-corrected chi connectivity index (χ1v) is 6.35. The molecule has 78 valence electrons. The first-order chi connectivity index (χ1) is 6.77. The number of hydrogen-bond acceptors (Lipinski definition) is 2. The molecule has 0 spiro atoms. The van der Waals surface area contributed by atoms with E-state index in [1.807, 2.05) is 11.3 Å². The van der Waals surface area contributed by atoms with Crippen LogP contribution < -0.4 is 5.73 Å². The van der Waals surface area contributed by atoms with Crippen LogP contribution in [0.4, 0.5) is 0 Å². The Bertz CT molecular complexity index is 297. The van der Waals surface area contributed by atoms with Gasteiger partial charge in [-0.05, 0) is 31.9 Å². The molecule has 2 N–H and O–H groups in total. The summed E-state index contributed by atoms with van der Waals surface area (Å²) in [6.07, 6.45) is 6.70. The minimum atomic E-state index is 0.331. The summed E-state index contributed by atoms with van der Waals surface area (Å²) in [6.45, 7) is 3.01. The number of aryl methyl sites for hydroxylation is 1. The van der Waals surface area contributed by atoms with Crippen LogP contribution in [0.2, 0.25) is 0 Å². The fraction of sp³-hybridized carbons (Fsp3) is 0.667. The molecule has 0 aromatic carbocycles. The standard InChI is InChI=1S/C12H19NS/c1-10-5-6-11(14-10)12(9-13)7-3-2-4-8-12/h5-6H,2-4,7-9,13H2,1H3. The predicted octanol–water partition coefficient (Wildman–Crippen LogP) is 3.22. The molecule has 1 aliphatic rings. The molecule has 0 atom stereocenters. The lowest BCUT2D eigenvalue weighted by Crippen LogP contribution is -2.36. The van der Waals surface area contributed by atoms with Gasteiger partial charge in [-0.3, -0.25) is 0 Å². The zero-order chi connectivity index (χ0) is 10.0. The molecule has 1 fully saturated rings. The summed E-state index contributed by atoms with van der Waals surface area (Å²) >= 11 is 1.94. The van der Waals surface area contributed by atoms with Gasteiger partial charge < -0.3 is 5.73 Å². The third-order valence-electron chi connectivity index (χ3n) is 3.46. The van der Waals surface area contributed by atoms with E-state index < -0.39 is 0 Å². The molecule has 0 saturated heterocycles. The number of nitrogens with two attached hydrogens (primary N) is 1. The third kappa shape index (κ3) is 1.73. The summed E-state index contributed by atoms with van der Waals surface area (Å²) in [7, 11) is 0. The zero-order valence-corrected chi connectivity index (χ0v) is 9.70. The Labute approximate surface area is 90.3 Å². The van der Waals surface area contributed by atoms with Gasteiger partial charge in [-0.25, -0.2) is 0 Å². The highest BCUT2D eigenvalue weighted by molar-refractivity contribution is 7.12. The van der Waals surface area contributed by atoms with Crippen molar-refractivity contribution < 1.29 is 0 Å². The van der Waals surface area contributed by atoms with Gasteiger partial charge in [-0.2, -0.15) is 0 Å². The van der Waals surface area contributed by atoms with Gasteiger partial charge in [0.05, 0.1) is 0 Å². The second kappa shape index (κ2) is 4.03. The van der Waals surface area contributed by atoms with Crippen molar-refractivity contribution in [3.63, 3.8) is 0 Å². The molecule has 0 amide bonds. The molecule has 0 bridgehead atoms. The van der Waals surface area contributed by atoms with E-state index in [1.54, 1.807) is 0 Å². The van der Waals surface area contributed by atoms with Gasteiger partial charge >= 0.3 is 0 Å². The molecule has 0 aliphatic heterocycles. The van der Waals surface area contributed by atoms with Crippen LogP contribution in [0.5, 0.6) is 0 Å². The number of rotatable bonds is 2. The van der Waals surface area contributed by atoms with Crippen LogP contribution in [0.1, 0.15) is 41.9 Å². The Morgan fingerprint density at radius 3 is 2.50 bits per heavy atom. The topological polar surface area (TPSA) is 26.0 Å². The lowest BCUT2D eigenvalue weighted by molar-refractivity contribution is 0.306. The Hall–Kier alpha value is -0.340. The van der Waals surface area contributed by atoms with Gasteiger partial charge in [0.25, 0.3) is 0 Å². The van der Waals surface area contributed by atoms with Crippen LogP contribution in [-0.2, 0) is 5.41 Å². The minimum absolute atomic E-state index is 0.331.